The van der Waals surface area contributed by atoms with Crippen LogP contribution in [0.2, 0.25) is 0 Å². The molecule has 0 saturated carbocycles. The van der Waals surface area contributed by atoms with Crippen molar-refractivity contribution in [1.82, 2.24) is 0 Å². The maximum absolute atomic E-state index is 13.0. The molecule has 0 amide bonds. The standard InChI is InChI=1S/C9H9FO3/c10-8-3-1-2-7(6-12)9(8)13-5-4-11/h1-3,6,11H,4-5H2. The first-order valence-corrected chi connectivity index (χ1v) is 3.77. The van der Waals surface area contributed by atoms with Crippen LogP contribution in [0, 0.1) is 5.82 Å². The van der Waals surface area contributed by atoms with Gasteiger partial charge in [0.25, 0.3) is 0 Å². The number of rotatable bonds is 4. The summed E-state index contributed by atoms with van der Waals surface area (Å²) in [6, 6.07) is 4.06. The zero-order chi connectivity index (χ0) is 9.68. The molecule has 0 atom stereocenters. The average molecular weight is 184 g/mol. The van der Waals surface area contributed by atoms with Gasteiger partial charge in [-0.25, -0.2) is 4.39 Å². The Morgan fingerprint density at radius 1 is 1.54 bits per heavy atom. The van der Waals surface area contributed by atoms with Gasteiger partial charge in [-0.1, -0.05) is 6.07 Å². The summed E-state index contributed by atoms with van der Waals surface area (Å²) in [6.45, 7) is -0.242. The first-order chi connectivity index (χ1) is 6.29. The summed E-state index contributed by atoms with van der Waals surface area (Å²) in [5, 5.41) is 8.45. The van der Waals surface area contributed by atoms with Crippen LogP contribution in [-0.4, -0.2) is 24.6 Å². The van der Waals surface area contributed by atoms with Gasteiger partial charge in [0.1, 0.15) is 6.61 Å². The minimum Gasteiger partial charge on any atom is -0.487 e. The molecule has 0 saturated heterocycles. The number of aliphatic hydroxyl groups excluding tert-OH is 1. The third-order valence-electron chi connectivity index (χ3n) is 1.46. The summed E-state index contributed by atoms with van der Waals surface area (Å²) in [5.41, 5.74) is 0.147. The van der Waals surface area contributed by atoms with Gasteiger partial charge in [0, 0.05) is 0 Å². The summed E-state index contributed by atoms with van der Waals surface area (Å²) in [4.78, 5) is 10.4. The van der Waals surface area contributed by atoms with Crippen molar-refractivity contribution in [2.45, 2.75) is 0 Å². The van der Waals surface area contributed by atoms with Crippen molar-refractivity contribution in [2.75, 3.05) is 13.2 Å². The number of ether oxygens (including phenoxy) is 1. The topological polar surface area (TPSA) is 46.5 Å². The van der Waals surface area contributed by atoms with Crippen LogP contribution in [0.1, 0.15) is 10.4 Å². The van der Waals surface area contributed by atoms with Crippen molar-refractivity contribution < 1.29 is 19.0 Å². The molecule has 3 nitrogen and oxygen atoms in total. The molecule has 0 bridgehead atoms. The van der Waals surface area contributed by atoms with Gasteiger partial charge in [0.15, 0.2) is 17.9 Å². The van der Waals surface area contributed by atoms with Crippen LogP contribution in [0.25, 0.3) is 0 Å². The summed E-state index contributed by atoms with van der Waals surface area (Å²) in [7, 11) is 0. The molecule has 0 aliphatic carbocycles. The van der Waals surface area contributed by atoms with Gasteiger partial charge in [-0.3, -0.25) is 4.79 Å². The number of aldehydes is 1. The number of hydrogen-bond donors (Lipinski definition) is 1. The minimum atomic E-state index is -0.599. The van der Waals surface area contributed by atoms with Crippen LogP contribution in [-0.2, 0) is 0 Å². The van der Waals surface area contributed by atoms with Crippen molar-refractivity contribution >= 4 is 6.29 Å². The van der Waals surface area contributed by atoms with Crippen molar-refractivity contribution in [3.63, 3.8) is 0 Å². The largest absolute Gasteiger partial charge is 0.487 e. The van der Waals surface area contributed by atoms with E-state index in [0.29, 0.717) is 6.29 Å². The predicted octanol–water partition coefficient (Wildman–Crippen LogP) is 1.01. The first-order valence-electron chi connectivity index (χ1n) is 3.77. The fraction of sp³-hybridized carbons (Fsp3) is 0.222. The number of carbonyl (C=O) groups excluding carboxylic acids is 1. The molecule has 1 aromatic rings. The molecule has 0 heterocycles. The third kappa shape index (κ3) is 2.26. The zero-order valence-corrected chi connectivity index (χ0v) is 6.87. The van der Waals surface area contributed by atoms with E-state index < -0.39 is 5.82 Å². The number of hydrogen-bond acceptors (Lipinski definition) is 3. The molecule has 4 heteroatoms. The fourth-order valence-electron chi connectivity index (χ4n) is 0.918. The molecular formula is C9H9FO3. The van der Waals surface area contributed by atoms with E-state index in [-0.39, 0.29) is 24.5 Å². The summed E-state index contributed by atoms with van der Waals surface area (Å²) >= 11 is 0. The molecule has 0 aliphatic heterocycles. The highest BCUT2D eigenvalue weighted by molar-refractivity contribution is 5.79. The Labute approximate surface area is 74.8 Å². The van der Waals surface area contributed by atoms with E-state index in [4.69, 9.17) is 9.84 Å². The van der Waals surface area contributed by atoms with E-state index in [1.54, 1.807) is 0 Å². The Bertz CT molecular complexity index is 299. The maximum atomic E-state index is 13.0. The molecule has 0 aliphatic rings. The molecule has 1 aromatic carbocycles. The lowest BCUT2D eigenvalue weighted by atomic mass is 10.2. The highest BCUT2D eigenvalue weighted by Gasteiger charge is 2.07. The van der Waals surface area contributed by atoms with Gasteiger partial charge in [-0.2, -0.15) is 0 Å². The Morgan fingerprint density at radius 2 is 2.31 bits per heavy atom. The molecule has 0 spiro atoms. The van der Waals surface area contributed by atoms with Crippen LogP contribution in [0.15, 0.2) is 18.2 Å². The monoisotopic (exact) mass is 184 g/mol. The SMILES string of the molecule is O=Cc1cccc(F)c1OCCO. The van der Waals surface area contributed by atoms with Gasteiger partial charge >= 0.3 is 0 Å². The number of halogens is 1. The molecule has 13 heavy (non-hydrogen) atoms. The van der Waals surface area contributed by atoms with Gasteiger partial charge in [0.05, 0.1) is 12.2 Å². The lowest BCUT2D eigenvalue weighted by Crippen LogP contribution is -2.05. The van der Waals surface area contributed by atoms with Gasteiger partial charge < -0.3 is 9.84 Å². The Kier molecular flexibility index (Phi) is 3.40. The third-order valence-corrected chi connectivity index (χ3v) is 1.46. The van der Waals surface area contributed by atoms with Crippen LogP contribution < -0.4 is 4.74 Å². The summed E-state index contributed by atoms with van der Waals surface area (Å²) < 4.78 is 17.8. The molecule has 1 N–H and O–H groups in total. The predicted molar refractivity (Wildman–Crippen MR) is 44.4 cm³/mol. The molecule has 1 rings (SSSR count). The Hall–Kier alpha value is -1.42. The van der Waals surface area contributed by atoms with Gasteiger partial charge in [0.2, 0.25) is 0 Å². The summed E-state index contributed by atoms with van der Waals surface area (Å²) in [6.07, 6.45) is 0.510. The van der Waals surface area contributed by atoms with Gasteiger partial charge in [-0.15, -0.1) is 0 Å². The fourth-order valence-corrected chi connectivity index (χ4v) is 0.918. The lowest BCUT2D eigenvalue weighted by molar-refractivity contribution is 0.111. The van der Waals surface area contributed by atoms with Crippen LogP contribution in [0.3, 0.4) is 0 Å². The van der Waals surface area contributed by atoms with Crippen molar-refractivity contribution in [2.24, 2.45) is 0 Å². The normalized spacial score (nSPS) is 9.69. The second-order valence-corrected chi connectivity index (χ2v) is 2.35. The zero-order valence-electron chi connectivity index (χ0n) is 6.87. The number of aliphatic hydroxyl groups is 1. The Balaban J connectivity index is 2.93. The molecule has 0 aromatic heterocycles. The van der Waals surface area contributed by atoms with E-state index >= 15 is 0 Å². The van der Waals surface area contributed by atoms with E-state index in [1.165, 1.54) is 18.2 Å². The van der Waals surface area contributed by atoms with Crippen LogP contribution in [0.5, 0.6) is 5.75 Å². The Morgan fingerprint density at radius 3 is 2.92 bits per heavy atom. The number of carbonyl (C=O) groups is 1. The number of para-hydroxylation sites is 1. The molecule has 0 fully saturated rings. The quantitative estimate of drug-likeness (QED) is 0.710. The van der Waals surface area contributed by atoms with Crippen molar-refractivity contribution in [1.29, 1.82) is 0 Å². The highest BCUT2D eigenvalue weighted by atomic mass is 19.1. The smallest absolute Gasteiger partial charge is 0.165 e. The van der Waals surface area contributed by atoms with Crippen molar-refractivity contribution in [3.05, 3.63) is 29.6 Å². The van der Waals surface area contributed by atoms with Crippen LogP contribution in [0.4, 0.5) is 4.39 Å². The van der Waals surface area contributed by atoms with Crippen LogP contribution >= 0.6 is 0 Å². The lowest BCUT2D eigenvalue weighted by Gasteiger charge is -2.06. The summed E-state index contributed by atoms with van der Waals surface area (Å²) in [5.74, 6) is -0.704. The number of benzene rings is 1. The van der Waals surface area contributed by atoms with E-state index in [0.717, 1.165) is 0 Å². The average Bonchev–Trinajstić information content (AvgIpc) is 2.15. The van der Waals surface area contributed by atoms with Crippen molar-refractivity contribution in [3.8, 4) is 5.75 Å². The molecular weight excluding hydrogens is 175 g/mol. The van der Waals surface area contributed by atoms with Gasteiger partial charge in [-0.05, 0) is 12.1 Å². The second kappa shape index (κ2) is 4.57. The second-order valence-electron chi connectivity index (χ2n) is 2.35. The van der Waals surface area contributed by atoms with E-state index in [1.807, 2.05) is 0 Å². The highest BCUT2D eigenvalue weighted by Crippen LogP contribution is 2.20. The van der Waals surface area contributed by atoms with E-state index in [9.17, 15) is 9.18 Å². The van der Waals surface area contributed by atoms with E-state index in [2.05, 4.69) is 0 Å². The molecule has 0 radical (unpaired) electrons. The molecule has 70 valence electrons. The minimum absolute atomic E-state index is 0.0260. The molecule has 0 unspecified atom stereocenters. The first kappa shape index (κ1) is 9.67. The maximum Gasteiger partial charge on any atom is 0.165 e.